The minimum atomic E-state index is -1.09. The molecule has 0 saturated heterocycles. The van der Waals surface area contributed by atoms with Gasteiger partial charge >= 0.3 is 11.9 Å². The number of carboxylic acid groups (broad SMARTS) is 2. The van der Waals surface area contributed by atoms with E-state index >= 15 is 4.79 Å². The van der Waals surface area contributed by atoms with Crippen molar-refractivity contribution in [1.29, 1.82) is 0 Å². The second-order valence-corrected chi connectivity index (χ2v) is 23.3. The maximum absolute atomic E-state index is 15.1. The van der Waals surface area contributed by atoms with E-state index in [-0.39, 0.29) is 82.4 Å². The molecule has 8 nitrogen and oxygen atoms in total. The topological polar surface area (TPSA) is 141 Å². The summed E-state index contributed by atoms with van der Waals surface area (Å²) in [7, 11) is 0. The van der Waals surface area contributed by atoms with Crippen LogP contribution in [0.4, 0.5) is 0 Å². The average molecular weight is 788 g/mol. The smallest absolute Gasteiger partial charge is 0.310 e. The number of hydrogen-bond donors (Lipinski definition) is 4. The van der Waals surface area contributed by atoms with E-state index in [9.17, 15) is 29.7 Å². The SMILES string of the molecule is CC(C)C1(Cc2ccccc2)C(=O)C[C@]2(C(=O)NC(C)(C)CO)CC[C@]3(C)[C@@H](CC[C@@H]4[C@]5(C)CC[C@H]([C@@]6(C(=O)O)C[C@@H](C(=O)O)C6(C)C)C(C)(C)[C@H]5CC[C@]43C)C12. The minimum Gasteiger partial charge on any atom is -0.481 e. The number of carbonyl (C=O) groups excluding carboxylic acids is 2. The van der Waals surface area contributed by atoms with Crippen LogP contribution in [0.5, 0.6) is 0 Å². The Bertz CT molecular complexity index is 1820. The number of rotatable bonds is 9. The number of hydrogen-bond acceptors (Lipinski definition) is 5. The largest absolute Gasteiger partial charge is 0.481 e. The molecule has 6 fully saturated rings. The van der Waals surface area contributed by atoms with Crippen molar-refractivity contribution in [2.24, 2.45) is 84.7 Å². The molecule has 0 radical (unpaired) electrons. The predicted molar refractivity (Wildman–Crippen MR) is 221 cm³/mol. The third-order valence-corrected chi connectivity index (χ3v) is 20.1. The lowest BCUT2D eigenvalue weighted by Gasteiger charge is -2.75. The van der Waals surface area contributed by atoms with Crippen molar-refractivity contribution in [3.05, 3.63) is 35.9 Å². The Balaban J connectivity index is 1.30. The van der Waals surface area contributed by atoms with Crippen molar-refractivity contribution >= 4 is 23.6 Å². The Labute approximate surface area is 342 Å². The van der Waals surface area contributed by atoms with Crippen LogP contribution < -0.4 is 5.32 Å². The van der Waals surface area contributed by atoms with Gasteiger partial charge in [0.05, 0.1) is 28.9 Å². The Hall–Kier alpha value is -2.74. The van der Waals surface area contributed by atoms with E-state index in [4.69, 9.17) is 0 Å². The molecule has 6 aliphatic rings. The van der Waals surface area contributed by atoms with Gasteiger partial charge in [0.25, 0.3) is 0 Å². The zero-order valence-electron chi connectivity index (χ0n) is 36.9. The molecule has 7 rings (SSSR count). The molecule has 0 heterocycles. The van der Waals surface area contributed by atoms with E-state index in [1.54, 1.807) is 0 Å². The standard InChI is InChI=1S/C49H73NO7/c1-29(2)48(25-30-15-13-12-14-16-30)36(52)27-47(39(55)50-41(3,4)28-51)24-23-45(10)31(37(47)48)17-18-35-44(9)21-19-34(42(5,6)33(44)20-22-46(35,45)11)49(40(56)57)26-32(38(53)54)43(49,7)8/h12-16,29,31-35,37,51H,17-28H2,1-11H3,(H,50,55)(H,53,54)(H,56,57)/t31-,32-,33+,34-,35+,37?,44+,45+,46+,47+,48?,49+/m0/s1. The predicted octanol–water partition coefficient (Wildman–Crippen LogP) is 9.22. The number of carboxylic acids is 2. The van der Waals surface area contributed by atoms with Crippen LogP contribution in [-0.4, -0.2) is 51.1 Å². The summed E-state index contributed by atoms with van der Waals surface area (Å²) in [6, 6.07) is 10.4. The fourth-order valence-electron chi connectivity index (χ4n) is 16.9. The highest BCUT2D eigenvalue weighted by molar-refractivity contribution is 5.98. The highest BCUT2D eigenvalue weighted by atomic mass is 16.4. The maximum Gasteiger partial charge on any atom is 0.310 e. The fourth-order valence-corrected chi connectivity index (χ4v) is 16.9. The molecule has 1 aromatic carbocycles. The van der Waals surface area contributed by atoms with Gasteiger partial charge in [0.15, 0.2) is 0 Å². The molecule has 4 N–H and O–H groups in total. The number of amides is 1. The molecule has 0 bridgehead atoms. The molecule has 1 amide bonds. The van der Waals surface area contributed by atoms with Gasteiger partial charge in [-0.15, -0.1) is 0 Å². The Morgan fingerprint density at radius 1 is 0.825 bits per heavy atom. The third kappa shape index (κ3) is 5.32. The molecule has 6 saturated carbocycles. The molecular weight excluding hydrogens is 715 g/mol. The van der Waals surface area contributed by atoms with Crippen molar-refractivity contribution in [2.75, 3.05) is 6.61 Å². The molecule has 316 valence electrons. The van der Waals surface area contributed by atoms with Crippen molar-refractivity contribution in [3.8, 4) is 0 Å². The quantitative estimate of drug-likeness (QED) is 0.196. The van der Waals surface area contributed by atoms with E-state index < -0.39 is 45.1 Å². The highest BCUT2D eigenvalue weighted by Gasteiger charge is 2.78. The van der Waals surface area contributed by atoms with Gasteiger partial charge in [-0.2, -0.15) is 0 Å². The first-order valence-corrected chi connectivity index (χ1v) is 22.3. The normalized spacial score (nSPS) is 44.5. The summed E-state index contributed by atoms with van der Waals surface area (Å²) in [5.74, 6) is -1.70. The van der Waals surface area contributed by atoms with Crippen molar-refractivity contribution < 1.29 is 34.5 Å². The van der Waals surface area contributed by atoms with Crippen LogP contribution in [0.15, 0.2) is 30.3 Å². The summed E-state index contributed by atoms with van der Waals surface area (Å²) in [6.45, 7) is 23.9. The number of Topliss-reactive ketones (excluding diaryl/α,β-unsaturated/α-hetero) is 1. The van der Waals surface area contributed by atoms with E-state index in [0.717, 1.165) is 50.5 Å². The maximum atomic E-state index is 15.1. The van der Waals surface area contributed by atoms with Crippen LogP contribution >= 0.6 is 0 Å². The number of fused-ring (bicyclic) bond motifs is 7. The first-order chi connectivity index (χ1) is 26.3. The van der Waals surface area contributed by atoms with Crippen molar-refractivity contribution in [2.45, 2.75) is 152 Å². The van der Waals surface area contributed by atoms with Crippen molar-refractivity contribution in [1.82, 2.24) is 5.32 Å². The fraction of sp³-hybridized carbons (Fsp3) is 0.796. The number of carbonyl (C=O) groups is 4. The van der Waals surface area contributed by atoms with Gasteiger partial charge in [-0.05, 0) is 146 Å². The van der Waals surface area contributed by atoms with Crippen LogP contribution in [0.2, 0.25) is 0 Å². The molecule has 0 spiro atoms. The van der Waals surface area contributed by atoms with Gasteiger partial charge in [0.2, 0.25) is 5.91 Å². The highest BCUT2D eigenvalue weighted by Crippen LogP contribution is 2.81. The van der Waals surface area contributed by atoms with Crippen molar-refractivity contribution in [3.63, 3.8) is 0 Å². The van der Waals surface area contributed by atoms with E-state index in [1.165, 1.54) is 0 Å². The first-order valence-electron chi connectivity index (χ1n) is 22.3. The lowest BCUT2D eigenvalue weighted by atomic mass is 9.29. The Kier molecular flexibility index (Phi) is 9.76. The summed E-state index contributed by atoms with van der Waals surface area (Å²) < 4.78 is 0. The van der Waals surface area contributed by atoms with E-state index in [1.807, 2.05) is 45.9 Å². The molecule has 8 heteroatoms. The van der Waals surface area contributed by atoms with Gasteiger partial charge in [-0.3, -0.25) is 19.2 Å². The van der Waals surface area contributed by atoms with E-state index in [0.29, 0.717) is 18.8 Å². The number of aliphatic carboxylic acids is 2. The number of ketones is 1. The van der Waals surface area contributed by atoms with Gasteiger partial charge in [-0.25, -0.2) is 0 Å². The van der Waals surface area contributed by atoms with Crippen LogP contribution in [0.25, 0.3) is 0 Å². The zero-order valence-corrected chi connectivity index (χ0v) is 36.9. The number of nitrogens with one attached hydrogen (secondary N) is 1. The summed E-state index contributed by atoms with van der Waals surface area (Å²) in [5.41, 5.74) is -3.75. The lowest BCUT2D eigenvalue weighted by Crippen LogP contribution is -2.71. The zero-order chi connectivity index (χ0) is 42.2. The van der Waals surface area contributed by atoms with Gasteiger partial charge < -0.3 is 20.6 Å². The molecule has 0 aromatic heterocycles. The third-order valence-electron chi connectivity index (χ3n) is 20.1. The summed E-state index contributed by atoms with van der Waals surface area (Å²) >= 11 is 0. The molecule has 6 aliphatic carbocycles. The van der Waals surface area contributed by atoms with Gasteiger partial charge in [0, 0.05) is 11.8 Å². The molecule has 12 atom stereocenters. The summed E-state index contributed by atoms with van der Waals surface area (Å²) in [6.07, 6.45) is 8.16. The second kappa shape index (κ2) is 13.1. The molecular formula is C49H73NO7. The molecule has 57 heavy (non-hydrogen) atoms. The van der Waals surface area contributed by atoms with Crippen LogP contribution in [0, 0.1) is 84.7 Å². The van der Waals surface area contributed by atoms with E-state index in [2.05, 4.69) is 65.9 Å². The lowest BCUT2D eigenvalue weighted by molar-refractivity contribution is -0.271. The van der Waals surface area contributed by atoms with Gasteiger partial charge in [0.1, 0.15) is 5.78 Å². The average Bonchev–Trinajstić information content (AvgIpc) is 3.38. The first kappa shape index (κ1) is 42.4. The second-order valence-electron chi connectivity index (χ2n) is 23.3. The number of benzene rings is 1. The minimum absolute atomic E-state index is 0.0194. The summed E-state index contributed by atoms with van der Waals surface area (Å²) in [4.78, 5) is 55.8. The Morgan fingerprint density at radius 3 is 2.02 bits per heavy atom. The number of aliphatic hydroxyl groups is 1. The number of aliphatic hydroxyl groups excluding tert-OH is 1. The summed E-state index contributed by atoms with van der Waals surface area (Å²) in [5, 5.41) is 34.6. The molecule has 1 aromatic rings. The van der Waals surface area contributed by atoms with Crippen LogP contribution in [0.1, 0.15) is 146 Å². The molecule has 2 unspecified atom stereocenters. The monoisotopic (exact) mass is 788 g/mol. The molecule has 0 aliphatic heterocycles. The van der Waals surface area contributed by atoms with Gasteiger partial charge in [-0.1, -0.05) is 92.6 Å². The van der Waals surface area contributed by atoms with Crippen LogP contribution in [-0.2, 0) is 25.6 Å². The van der Waals surface area contributed by atoms with Crippen LogP contribution in [0.3, 0.4) is 0 Å². The Morgan fingerprint density at radius 2 is 1.46 bits per heavy atom.